The molecule has 0 bridgehead atoms. The number of carbonyl (C=O) groups excluding carboxylic acids is 1. The number of hydrogen-bond acceptors (Lipinski definition) is 4. The molecule has 0 spiro atoms. The third-order valence-corrected chi connectivity index (χ3v) is 5.91. The Morgan fingerprint density at radius 2 is 1.85 bits per heavy atom. The fraction of sp³-hybridized carbons (Fsp3) is 0.273. The van der Waals surface area contributed by atoms with E-state index >= 15 is 0 Å². The lowest BCUT2D eigenvalue weighted by Gasteiger charge is -2.30. The lowest BCUT2D eigenvalue weighted by molar-refractivity contribution is 0.102. The number of nitrogens with one attached hydrogen (secondary N) is 1. The highest BCUT2D eigenvalue weighted by Gasteiger charge is 2.15. The summed E-state index contributed by atoms with van der Waals surface area (Å²) in [4.78, 5) is 19.8. The number of pyridine rings is 1. The van der Waals surface area contributed by atoms with Gasteiger partial charge in [0.05, 0.1) is 16.8 Å². The predicted molar refractivity (Wildman–Crippen MR) is 115 cm³/mol. The summed E-state index contributed by atoms with van der Waals surface area (Å²) >= 11 is 2.01. The summed E-state index contributed by atoms with van der Waals surface area (Å²) in [7, 11) is 0. The van der Waals surface area contributed by atoms with Gasteiger partial charge in [0, 0.05) is 41.4 Å². The van der Waals surface area contributed by atoms with E-state index in [9.17, 15) is 4.79 Å². The highest BCUT2D eigenvalue weighted by Crippen LogP contribution is 2.26. The Labute approximate surface area is 164 Å². The van der Waals surface area contributed by atoms with Crippen molar-refractivity contribution in [3.8, 4) is 0 Å². The van der Waals surface area contributed by atoms with E-state index in [0.717, 1.165) is 35.4 Å². The smallest absolute Gasteiger partial charge is 0.257 e. The summed E-state index contributed by atoms with van der Waals surface area (Å²) in [6.07, 6.45) is 0. The maximum Gasteiger partial charge on any atom is 0.257 e. The van der Waals surface area contributed by atoms with Gasteiger partial charge in [0.2, 0.25) is 0 Å². The fourth-order valence-corrected chi connectivity index (χ4v) is 4.44. The lowest BCUT2D eigenvalue weighted by Crippen LogP contribution is -2.32. The van der Waals surface area contributed by atoms with Gasteiger partial charge in [-0.3, -0.25) is 9.78 Å². The maximum atomic E-state index is 12.8. The molecule has 1 aromatic heterocycles. The third kappa shape index (κ3) is 3.78. The average molecular weight is 378 g/mol. The van der Waals surface area contributed by atoms with Crippen LogP contribution in [-0.2, 0) is 0 Å². The topological polar surface area (TPSA) is 45.2 Å². The molecule has 2 heterocycles. The van der Waals surface area contributed by atoms with E-state index in [4.69, 9.17) is 0 Å². The first-order chi connectivity index (χ1) is 13.1. The minimum atomic E-state index is -0.118. The maximum absolute atomic E-state index is 12.8. The summed E-state index contributed by atoms with van der Waals surface area (Å²) < 4.78 is 0. The van der Waals surface area contributed by atoms with Gasteiger partial charge in [0.1, 0.15) is 0 Å². The van der Waals surface area contributed by atoms with E-state index in [1.807, 2.05) is 55.1 Å². The van der Waals surface area contributed by atoms with Crippen molar-refractivity contribution in [2.45, 2.75) is 13.8 Å². The monoisotopic (exact) mass is 377 g/mol. The molecule has 2 aromatic carbocycles. The molecule has 0 unspecified atom stereocenters. The van der Waals surface area contributed by atoms with Crippen LogP contribution in [-0.4, -0.2) is 35.5 Å². The number of aromatic nitrogens is 1. The summed E-state index contributed by atoms with van der Waals surface area (Å²) in [5.74, 6) is 2.23. The van der Waals surface area contributed by atoms with E-state index in [-0.39, 0.29) is 5.91 Å². The molecule has 138 valence electrons. The molecule has 1 N–H and O–H groups in total. The quantitative estimate of drug-likeness (QED) is 0.721. The first-order valence-electron chi connectivity index (χ1n) is 9.23. The molecule has 5 heteroatoms. The number of amides is 1. The van der Waals surface area contributed by atoms with Gasteiger partial charge in [-0.05, 0) is 49.7 Å². The van der Waals surface area contributed by atoms with E-state index in [1.54, 1.807) is 0 Å². The second-order valence-corrected chi connectivity index (χ2v) is 8.09. The average Bonchev–Trinajstić information content (AvgIpc) is 2.68. The number of anilines is 2. The predicted octanol–water partition coefficient (Wildman–Crippen LogP) is 4.66. The minimum Gasteiger partial charge on any atom is -0.370 e. The Kier molecular flexibility index (Phi) is 5.03. The van der Waals surface area contributed by atoms with Crippen molar-refractivity contribution in [3.63, 3.8) is 0 Å². The molecule has 1 amide bonds. The number of rotatable bonds is 3. The number of carbonyl (C=O) groups is 1. The minimum absolute atomic E-state index is 0.118. The molecule has 1 fully saturated rings. The number of aryl methyl sites for hydroxylation is 2. The Bertz CT molecular complexity index is 996. The van der Waals surface area contributed by atoms with Gasteiger partial charge in [-0.2, -0.15) is 11.8 Å². The van der Waals surface area contributed by atoms with Gasteiger partial charge in [-0.1, -0.05) is 18.2 Å². The van der Waals surface area contributed by atoms with Crippen molar-refractivity contribution < 1.29 is 4.79 Å². The van der Waals surface area contributed by atoms with Crippen LogP contribution in [0.15, 0.2) is 48.5 Å². The van der Waals surface area contributed by atoms with Crippen molar-refractivity contribution in [2.24, 2.45) is 0 Å². The number of benzene rings is 2. The van der Waals surface area contributed by atoms with Crippen LogP contribution in [0, 0.1) is 13.8 Å². The normalized spacial score (nSPS) is 14.4. The van der Waals surface area contributed by atoms with Crippen LogP contribution in [0.5, 0.6) is 0 Å². The molecule has 1 aliphatic rings. The summed E-state index contributed by atoms with van der Waals surface area (Å²) in [6, 6.07) is 15.9. The molecular weight excluding hydrogens is 354 g/mol. The Morgan fingerprint density at radius 1 is 1.07 bits per heavy atom. The first kappa shape index (κ1) is 17.9. The van der Waals surface area contributed by atoms with Crippen LogP contribution in [0.2, 0.25) is 0 Å². The first-order valence-corrected chi connectivity index (χ1v) is 10.4. The van der Waals surface area contributed by atoms with Crippen molar-refractivity contribution >= 4 is 39.9 Å². The fourth-order valence-electron chi connectivity index (χ4n) is 3.53. The van der Waals surface area contributed by atoms with Gasteiger partial charge in [0.15, 0.2) is 0 Å². The van der Waals surface area contributed by atoms with Crippen LogP contribution in [0.1, 0.15) is 21.6 Å². The molecular formula is C22H23N3OS. The van der Waals surface area contributed by atoms with Gasteiger partial charge < -0.3 is 10.2 Å². The van der Waals surface area contributed by atoms with Crippen LogP contribution in [0.3, 0.4) is 0 Å². The van der Waals surface area contributed by atoms with Crippen LogP contribution >= 0.6 is 11.8 Å². The zero-order chi connectivity index (χ0) is 18.8. The van der Waals surface area contributed by atoms with E-state index in [2.05, 4.69) is 34.3 Å². The Balaban J connectivity index is 1.56. The Morgan fingerprint density at radius 3 is 2.63 bits per heavy atom. The van der Waals surface area contributed by atoms with Gasteiger partial charge in [-0.15, -0.1) is 0 Å². The summed E-state index contributed by atoms with van der Waals surface area (Å²) in [5, 5.41) is 4.01. The molecule has 0 saturated carbocycles. The third-order valence-electron chi connectivity index (χ3n) is 4.97. The summed E-state index contributed by atoms with van der Waals surface area (Å²) in [5.41, 5.74) is 5.53. The number of fused-ring (bicyclic) bond motifs is 1. The highest BCUT2D eigenvalue weighted by atomic mass is 32.2. The Hall–Kier alpha value is -2.53. The number of hydrogen-bond donors (Lipinski definition) is 1. The van der Waals surface area contributed by atoms with Crippen molar-refractivity contribution in [1.82, 2.24) is 4.98 Å². The molecule has 4 rings (SSSR count). The lowest BCUT2D eigenvalue weighted by atomic mass is 10.1. The molecule has 3 aromatic rings. The molecule has 1 aliphatic heterocycles. The number of para-hydroxylation sites is 1. The SMILES string of the molecule is Cc1cc(NC(=O)c2cc3ccccc3nc2C)ccc1N1CCSCC1. The van der Waals surface area contributed by atoms with E-state index in [1.165, 1.54) is 22.8 Å². The van der Waals surface area contributed by atoms with Crippen LogP contribution in [0.4, 0.5) is 11.4 Å². The van der Waals surface area contributed by atoms with Gasteiger partial charge in [0.25, 0.3) is 5.91 Å². The van der Waals surface area contributed by atoms with Gasteiger partial charge in [-0.25, -0.2) is 0 Å². The molecule has 0 atom stereocenters. The second-order valence-electron chi connectivity index (χ2n) is 6.87. The largest absolute Gasteiger partial charge is 0.370 e. The zero-order valence-corrected chi connectivity index (χ0v) is 16.5. The zero-order valence-electron chi connectivity index (χ0n) is 15.7. The molecule has 4 nitrogen and oxygen atoms in total. The number of nitrogens with zero attached hydrogens (tertiary/aromatic N) is 2. The number of thioether (sulfide) groups is 1. The molecule has 0 aliphatic carbocycles. The molecule has 1 saturated heterocycles. The highest BCUT2D eigenvalue weighted by molar-refractivity contribution is 7.99. The van der Waals surface area contributed by atoms with E-state index in [0.29, 0.717) is 5.56 Å². The van der Waals surface area contributed by atoms with E-state index < -0.39 is 0 Å². The second kappa shape index (κ2) is 7.61. The molecule has 0 radical (unpaired) electrons. The van der Waals surface area contributed by atoms with Crippen molar-refractivity contribution in [2.75, 3.05) is 34.8 Å². The van der Waals surface area contributed by atoms with Crippen molar-refractivity contribution in [1.29, 1.82) is 0 Å². The standard InChI is InChI=1S/C22H23N3OS/c1-15-13-18(7-8-21(15)25-9-11-27-12-10-25)24-22(26)19-14-17-5-3-4-6-20(17)23-16(19)2/h3-8,13-14H,9-12H2,1-2H3,(H,24,26). The molecule has 27 heavy (non-hydrogen) atoms. The van der Waals surface area contributed by atoms with Crippen molar-refractivity contribution in [3.05, 3.63) is 65.4 Å². The summed E-state index contributed by atoms with van der Waals surface area (Å²) in [6.45, 7) is 6.15. The van der Waals surface area contributed by atoms with Gasteiger partial charge >= 0.3 is 0 Å². The van der Waals surface area contributed by atoms with Crippen LogP contribution < -0.4 is 10.2 Å². The van der Waals surface area contributed by atoms with Crippen LogP contribution in [0.25, 0.3) is 10.9 Å².